The zero-order valence-corrected chi connectivity index (χ0v) is 13.7. The van der Waals surface area contributed by atoms with Crippen LogP contribution in [-0.2, 0) is 6.54 Å². The number of aromatic nitrogens is 3. The molecule has 2 aromatic heterocycles. The molecule has 0 aliphatic rings. The molecule has 2 aromatic rings. The molecule has 0 atom stereocenters. The molecule has 0 fully saturated rings. The lowest BCUT2D eigenvalue weighted by atomic mass is 10.3. The number of nitrogens with zero attached hydrogens (tertiary/aromatic N) is 4. The van der Waals surface area contributed by atoms with Crippen LogP contribution in [0, 0.1) is 6.92 Å². The van der Waals surface area contributed by atoms with Gasteiger partial charge in [-0.15, -0.1) is 0 Å². The van der Waals surface area contributed by atoms with Gasteiger partial charge in [0.15, 0.2) is 0 Å². The zero-order chi connectivity index (χ0) is 16.7. The fourth-order valence-electron chi connectivity index (χ4n) is 1.95. The lowest BCUT2D eigenvalue weighted by Gasteiger charge is -2.11. The highest BCUT2D eigenvalue weighted by molar-refractivity contribution is 5.92. The van der Waals surface area contributed by atoms with Crippen LogP contribution in [0.2, 0.25) is 0 Å². The van der Waals surface area contributed by atoms with Crippen molar-refractivity contribution >= 4 is 11.7 Å². The first-order valence-electron chi connectivity index (χ1n) is 7.46. The maximum atomic E-state index is 12.1. The van der Waals surface area contributed by atoms with Crippen LogP contribution in [0.15, 0.2) is 30.6 Å². The van der Waals surface area contributed by atoms with Crippen LogP contribution in [0.4, 0.5) is 5.82 Å². The molecule has 0 unspecified atom stereocenters. The molecule has 7 nitrogen and oxygen atoms in total. The van der Waals surface area contributed by atoms with Gasteiger partial charge in [-0.1, -0.05) is 6.07 Å². The average Bonchev–Trinajstić information content (AvgIpc) is 2.53. The van der Waals surface area contributed by atoms with Gasteiger partial charge < -0.3 is 15.5 Å². The van der Waals surface area contributed by atoms with Crippen molar-refractivity contribution < 1.29 is 4.79 Å². The summed E-state index contributed by atoms with van der Waals surface area (Å²) >= 11 is 0. The normalized spacial score (nSPS) is 10.6. The van der Waals surface area contributed by atoms with Gasteiger partial charge in [-0.25, -0.2) is 9.97 Å². The molecule has 7 heteroatoms. The number of likely N-dealkylation sites (N-methyl/N-ethyl adjacent to an activating group) is 1. The highest BCUT2D eigenvalue weighted by Gasteiger charge is 2.10. The summed E-state index contributed by atoms with van der Waals surface area (Å²) in [7, 11) is 3.92. The van der Waals surface area contributed by atoms with Gasteiger partial charge in [0.1, 0.15) is 17.3 Å². The van der Waals surface area contributed by atoms with Crippen LogP contribution in [0.25, 0.3) is 0 Å². The Hall–Kier alpha value is -2.54. The van der Waals surface area contributed by atoms with Gasteiger partial charge >= 0.3 is 0 Å². The van der Waals surface area contributed by atoms with Crippen LogP contribution in [0.5, 0.6) is 0 Å². The van der Waals surface area contributed by atoms with Gasteiger partial charge in [0, 0.05) is 38.1 Å². The minimum Gasteiger partial charge on any atom is -0.366 e. The highest BCUT2D eigenvalue weighted by Crippen LogP contribution is 2.08. The molecule has 0 aliphatic carbocycles. The van der Waals surface area contributed by atoms with Gasteiger partial charge in [0.05, 0.1) is 0 Å². The maximum absolute atomic E-state index is 12.1. The molecule has 2 N–H and O–H groups in total. The van der Waals surface area contributed by atoms with Crippen molar-refractivity contribution in [3.05, 3.63) is 47.7 Å². The van der Waals surface area contributed by atoms with Crippen molar-refractivity contribution in [1.29, 1.82) is 0 Å². The Morgan fingerprint density at radius 1 is 1.30 bits per heavy atom. The van der Waals surface area contributed by atoms with E-state index >= 15 is 0 Å². The second kappa shape index (κ2) is 8.19. The fraction of sp³-hybridized carbons (Fsp3) is 0.375. The molecule has 0 saturated carbocycles. The Kier molecular flexibility index (Phi) is 5.99. The number of hydrogen-bond donors (Lipinski definition) is 2. The van der Waals surface area contributed by atoms with Crippen molar-refractivity contribution in [1.82, 2.24) is 25.2 Å². The third kappa shape index (κ3) is 5.63. The van der Waals surface area contributed by atoms with Gasteiger partial charge in [-0.2, -0.15) is 0 Å². The monoisotopic (exact) mass is 314 g/mol. The van der Waals surface area contributed by atoms with Crippen molar-refractivity contribution in [2.45, 2.75) is 13.5 Å². The number of aryl methyl sites for hydroxylation is 1. The van der Waals surface area contributed by atoms with E-state index in [2.05, 4.69) is 25.6 Å². The largest absolute Gasteiger partial charge is 0.366 e. The lowest BCUT2D eigenvalue weighted by Crippen LogP contribution is -2.32. The summed E-state index contributed by atoms with van der Waals surface area (Å²) in [4.78, 5) is 26.7. The number of hydrogen-bond acceptors (Lipinski definition) is 6. The number of carbonyl (C=O) groups excluding carboxylic acids is 1. The quantitative estimate of drug-likeness (QED) is 0.796. The molecule has 1 amide bonds. The van der Waals surface area contributed by atoms with Crippen LogP contribution in [0.1, 0.15) is 21.9 Å². The van der Waals surface area contributed by atoms with Gasteiger partial charge in [-0.05, 0) is 32.6 Å². The Labute approximate surface area is 136 Å². The van der Waals surface area contributed by atoms with Crippen molar-refractivity contribution in [3.63, 3.8) is 0 Å². The van der Waals surface area contributed by atoms with E-state index in [1.165, 1.54) is 0 Å². The number of pyridine rings is 1. The molecule has 0 bridgehead atoms. The van der Waals surface area contributed by atoms with E-state index in [0.29, 0.717) is 30.4 Å². The van der Waals surface area contributed by atoms with E-state index in [1.807, 2.05) is 31.1 Å². The van der Waals surface area contributed by atoms with Crippen molar-refractivity contribution in [2.24, 2.45) is 0 Å². The van der Waals surface area contributed by atoms with Crippen LogP contribution < -0.4 is 10.6 Å². The molecule has 23 heavy (non-hydrogen) atoms. The number of anilines is 1. The predicted octanol–water partition coefficient (Wildman–Crippen LogP) is 1.08. The summed E-state index contributed by atoms with van der Waals surface area (Å²) in [5, 5.41) is 6.04. The van der Waals surface area contributed by atoms with E-state index in [9.17, 15) is 4.79 Å². The third-order valence-electron chi connectivity index (χ3n) is 3.11. The molecular formula is C16H22N6O. The van der Waals surface area contributed by atoms with Crippen molar-refractivity contribution in [3.8, 4) is 0 Å². The Morgan fingerprint density at radius 2 is 2.13 bits per heavy atom. The summed E-state index contributed by atoms with van der Waals surface area (Å²) < 4.78 is 0. The summed E-state index contributed by atoms with van der Waals surface area (Å²) in [6.07, 6.45) is 3.52. The van der Waals surface area contributed by atoms with Crippen LogP contribution in [-0.4, -0.2) is 52.9 Å². The summed E-state index contributed by atoms with van der Waals surface area (Å²) in [5.74, 6) is 0.986. The Balaban J connectivity index is 1.99. The Bertz CT molecular complexity index is 644. The van der Waals surface area contributed by atoms with E-state index in [-0.39, 0.29) is 5.91 Å². The molecule has 122 valence electrons. The van der Waals surface area contributed by atoms with Gasteiger partial charge in [0.2, 0.25) is 0 Å². The molecule has 0 saturated heterocycles. The number of amides is 1. The second-order valence-electron chi connectivity index (χ2n) is 5.46. The summed E-state index contributed by atoms with van der Waals surface area (Å²) in [5.41, 5.74) is 1.41. The summed E-state index contributed by atoms with van der Waals surface area (Å²) in [6.45, 7) is 3.72. The number of rotatable bonds is 7. The Morgan fingerprint density at radius 3 is 2.83 bits per heavy atom. The third-order valence-corrected chi connectivity index (χ3v) is 3.11. The topological polar surface area (TPSA) is 83.0 Å². The van der Waals surface area contributed by atoms with E-state index in [1.54, 1.807) is 25.4 Å². The molecule has 0 spiro atoms. The number of carbonyl (C=O) groups is 1. The minimum absolute atomic E-state index is 0.193. The zero-order valence-electron chi connectivity index (χ0n) is 13.7. The molecule has 0 radical (unpaired) electrons. The van der Waals surface area contributed by atoms with Crippen LogP contribution in [0.3, 0.4) is 0 Å². The number of nitrogens with one attached hydrogen (secondary N) is 2. The van der Waals surface area contributed by atoms with Gasteiger partial charge in [0.25, 0.3) is 5.91 Å². The van der Waals surface area contributed by atoms with E-state index in [0.717, 1.165) is 12.1 Å². The minimum atomic E-state index is -0.193. The lowest BCUT2D eigenvalue weighted by molar-refractivity contribution is 0.0945. The maximum Gasteiger partial charge on any atom is 0.270 e. The SMILES string of the molecule is Cc1nc(NCc2cccnc2)cc(C(=O)NCCN(C)C)n1. The van der Waals surface area contributed by atoms with Crippen LogP contribution >= 0.6 is 0 Å². The first kappa shape index (κ1) is 16.8. The predicted molar refractivity (Wildman–Crippen MR) is 89.2 cm³/mol. The average molecular weight is 314 g/mol. The van der Waals surface area contributed by atoms with E-state index in [4.69, 9.17) is 0 Å². The molecule has 0 aliphatic heterocycles. The summed E-state index contributed by atoms with van der Waals surface area (Å²) in [6, 6.07) is 5.52. The molecule has 2 heterocycles. The molecule has 2 rings (SSSR count). The van der Waals surface area contributed by atoms with Crippen molar-refractivity contribution in [2.75, 3.05) is 32.5 Å². The fourth-order valence-corrected chi connectivity index (χ4v) is 1.95. The smallest absolute Gasteiger partial charge is 0.270 e. The highest BCUT2D eigenvalue weighted by atomic mass is 16.1. The molecule has 0 aromatic carbocycles. The second-order valence-corrected chi connectivity index (χ2v) is 5.46. The van der Waals surface area contributed by atoms with E-state index < -0.39 is 0 Å². The first-order valence-corrected chi connectivity index (χ1v) is 7.46. The first-order chi connectivity index (χ1) is 11.0. The van der Waals surface area contributed by atoms with Gasteiger partial charge in [-0.3, -0.25) is 9.78 Å². The standard InChI is InChI=1S/C16H22N6O/c1-12-20-14(16(23)18-7-8-22(2)3)9-15(21-12)19-11-13-5-4-6-17-10-13/h4-6,9-10H,7-8,11H2,1-3H3,(H,18,23)(H,19,20,21). The molecular weight excluding hydrogens is 292 g/mol.